The molecule has 1 fully saturated rings. The number of carbonyl (C=O) groups excluding carboxylic acids is 1. The standard InChI is InChI=1S/C16H26N4O/c1-19(11-7-14-6-2-3-8-18-14)15(13-17)12-16(21)20-9-4-5-10-20/h2-3,6,8,15H,4-5,7,9-13,17H2,1H3. The molecule has 21 heavy (non-hydrogen) atoms. The Morgan fingerprint density at radius 1 is 1.43 bits per heavy atom. The minimum Gasteiger partial charge on any atom is -0.343 e. The van der Waals surface area contributed by atoms with Gasteiger partial charge in [0.2, 0.25) is 5.91 Å². The van der Waals surface area contributed by atoms with E-state index in [1.165, 1.54) is 0 Å². The van der Waals surface area contributed by atoms with Crippen LogP contribution in [0.5, 0.6) is 0 Å². The second-order valence-electron chi connectivity index (χ2n) is 5.73. The molecule has 0 radical (unpaired) electrons. The first-order valence-electron chi connectivity index (χ1n) is 7.78. The van der Waals surface area contributed by atoms with Crippen LogP contribution in [0.2, 0.25) is 0 Å². The number of pyridine rings is 1. The molecule has 116 valence electrons. The van der Waals surface area contributed by atoms with Gasteiger partial charge in [-0.15, -0.1) is 0 Å². The van der Waals surface area contributed by atoms with Crippen molar-refractivity contribution in [3.63, 3.8) is 0 Å². The molecular weight excluding hydrogens is 264 g/mol. The summed E-state index contributed by atoms with van der Waals surface area (Å²) < 4.78 is 0. The molecule has 2 heterocycles. The largest absolute Gasteiger partial charge is 0.343 e. The van der Waals surface area contributed by atoms with Gasteiger partial charge in [0, 0.05) is 57.0 Å². The number of hydrogen-bond acceptors (Lipinski definition) is 4. The Hall–Kier alpha value is -1.46. The maximum absolute atomic E-state index is 12.2. The average molecular weight is 290 g/mol. The molecule has 1 aliphatic rings. The van der Waals surface area contributed by atoms with Gasteiger partial charge in [0.1, 0.15) is 0 Å². The third-order valence-electron chi connectivity index (χ3n) is 4.21. The van der Waals surface area contributed by atoms with Crippen LogP contribution < -0.4 is 5.73 Å². The predicted octanol–water partition coefficient (Wildman–Crippen LogP) is 0.896. The van der Waals surface area contributed by atoms with Gasteiger partial charge >= 0.3 is 0 Å². The maximum atomic E-state index is 12.2. The lowest BCUT2D eigenvalue weighted by Crippen LogP contribution is -2.43. The molecule has 5 nitrogen and oxygen atoms in total. The predicted molar refractivity (Wildman–Crippen MR) is 83.8 cm³/mol. The molecular formula is C16H26N4O. The van der Waals surface area contributed by atoms with Gasteiger partial charge in [-0.05, 0) is 32.0 Å². The van der Waals surface area contributed by atoms with Gasteiger partial charge in [0.05, 0.1) is 0 Å². The number of amides is 1. The molecule has 2 rings (SSSR count). The van der Waals surface area contributed by atoms with Crippen molar-refractivity contribution in [2.75, 3.05) is 33.2 Å². The number of likely N-dealkylation sites (N-methyl/N-ethyl adjacent to an activating group) is 1. The van der Waals surface area contributed by atoms with Crippen molar-refractivity contribution in [2.24, 2.45) is 5.73 Å². The van der Waals surface area contributed by atoms with E-state index in [1.54, 1.807) is 0 Å². The highest BCUT2D eigenvalue weighted by molar-refractivity contribution is 5.77. The third-order valence-corrected chi connectivity index (χ3v) is 4.21. The molecule has 2 N–H and O–H groups in total. The van der Waals surface area contributed by atoms with Crippen LogP contribution in [0.25, 0.3) is 0 Å². The molecule has 0 spiro atoms. The summed E-state index contributed by atoms with van der Waals surface area (Å²) in [6.45, 7) is 3.20. The van der Waals surface area contributed by atoms with E-state index >= 15 is 0 Å². The number of carbonyl (C=O) groups is 1. The average Bonchev–Trinajstić information content (AvgIpc) is 3.05. The normalized spacial score (nSPS) is 16.4. The zero-order valence-corrected chi connectivity index (χ0v) is 12.9. The van der Waals surface area contributed by atoms with Crippen LogP contribution in [0, 0.1) is 0 Å². The first-order chi connectivity index (χ1) is 10.2. The van der Waals surface area contributed by atoms with Crippen molar-refractivity contribution < 1.29 is 4.79 Å². The molecule has 0 aliphatic carbocycles. The highest BCUT2D eigenvalue weighted by Crippen LogP contribution is 2.12. The summed E-state index contributed by atoms with van der Waals surface area (Å²) in [7, 11) is 2.04. The molecule has 1 aliphatic heterocycles. The lowest BCUT2D eigenvalue weighted by molar-refractivity contribution is -0.131. The molecule has 0 bridgehead atoms. The summed E-state index contributed by atoms with van der Waals surface area (Å²) in [6, 6.07) is 6.06. The third kappa shape index (κ3) is 4.79. The topological polar surface area (TPSA) is 62.5 Å². The van der Waals surface area contributed by atoms with E-state index in [1.807, 2.05) is 36.3 Å². The Kier molecular flexibility index (Phi) is 6.14. The monoisotopic (exact) mass is 290 g/mol. The number of nitrogens with zero attached hydrogens (tertiary/aromatic N) is 3. The number of hydrogen-bond donors (Lipinski definition) is 1. The summed E-state index contributed by atoms with van der Waals surface area (Å²) in [4.78, 5) is 20.7. The summed E-state index contributed by atoms with van der Waals surface area (Å²) in [5, 5.41) is 0. The number of aromatic nitrogens is 1. The van der Waals surface area contributed by atoms with Crippen molar-refractivity contribution >= 4 is 5.91 Å². The molecule has 1 aromatic heterocycles. The zero-order valence-electron chi connectivity index (χ0n) is 12.9. The fourth-order valence-corrected chi connectivity index (χ4v) is 2.74. The second-order valence-corrected chi connectivity index (χ2v) is 5.73. The minimum atomic E-state index is 0.113. The van der Waals surface area contributed by atoms with Gasteiger partial charge in [-0.25, -0.2) is 0 Å². The Morgan fingerprint density at radius 3 is 2.81 bits per heavy atom. The fourth-order valence-electron chi connectivity index (χ4n) is 2.74. The van der Waals surface area contributed by atoms with Crippen molar-refractivity contribution in [3.05, 3.63) is 30.1 Å². The number of likely N-dealkylation sites (tertiary alicyclic amines) is 1. The van der Waals surface area contributed by atoms with E-state index in [2.05, 4.69) is 9.88 Å². The van der Waals surface area contributed by atoms with Gasteiger partial charge < -0.3 is 15.5 Å². The maximum Gasteiger partial charge on any atom is 0.224 e. The molecule has 1 atom stereocenters. The van der Waals surface area contributed by atoms with Crippen molar-refractivity contribution in [1.82, 2.24) is 14.8 Å². The van der Waals surface area contributed by atoms with Crippen LogP contribution in [-0.4, -0.2) is 60.0 Å². The Labute approximate surface area is 127 Å². The zero-order chi connectivity index (χ0) is 15.1. The van der Waals surface area contributed by atoms with Gasteiger partial charge in [-0.1, -0.05) is 6.07 Å². The van der Waals surface area contributed by atoms with Gasteiger partial charge in [0.15, 0.2) is 0 Å². The highest BCUT2D eigenvalue weighted by atomic mass is 16.2. The Bertz CT molecular complexity index is 431. The molecule has 5 heteroatoms. The van der Waals surface area contributed by atoms with Crippen LogP contribution in [0.3, 0.4) is 0 Å². The Morgan fingerprint density at radius 2 is 2.19 bits per heavy atom. The van der Waals surface area contributed by atoms with Crippen LogP contribution in [0.4, 0.5) is 0 Å². The lowest BCUT2D eigenvalue weighted by Gasteiger charge is -2.28. The summed E-state index contributed by atoms with van der Waals surface area (Å²) in [5.41, 5.74) is 6.94. The van der Waals surface area contributed by atoms with Crippen molar-refractivity contribution in [1.29, 1.82) is 0 Å². The van der Waals surface area contributed by atoms with E-state index in [0.717, 1.165) is 44.6 Å². The fraction of sp³-hybridized carbons (Fsp3) is 0.625. The molecule has 0 saturated carbocycles. The van der Waals surface area contributed by atoms with Crippen molar-refractivity contribution in [3.8, 4) is 0 Å². The molecule has 1 saturated heterocycles. The van der Waals surface area contributed by atoms with Gasteiger partial charge in [-0.3, -0.25) is 9.78 Å². The Balaban J connectivity index is 1.80. The van der Waals surface area contributed by atoms with Crippen LogP contribution >= 0.6 is 0 Å². The van der Waals surface area contributed by atoms with E-state index < -0.39 is 0 Å². The van der Waals surface area contributed by atoms with Crippen LogP contribution in [0.1, 0.15) is 25.0 Å². The smallest absolute Gasteiger partial charge is 0.224 e. The molecule has 0 aromatic carbocycles. The quantitative estimate of drug-likeness (QED) is 0.810. The number of rotatable bonds is 7. The molecule has 1 unspecified atom stereocenters. The van der Waals surface area contributed by atoms with E-state index in [0.29, 0.717) is 13.0 Å². The van der Waals surface area contributed by atoms with Crippen LogP contribution in [-0.2, 0) is 11.2 Å². The first kappa shape index (κ1) is 15.9. The second kappa shape index (κ2) is 8.10. The minimum absolute atomic E-state index is 0.113. The van der Waals surface area contributed by atoms with Gasteiger partial charge in [-0.2, -0.15) is 0 Å². The summed E-state index contributed by atoms with van der Waals surface area (Å²) in [6.07, 6.45) is 5.48. The summed E-state index contributed by atoms with van der Waals surface area (Å²) >= 11 is 0. The van der Waals surface area contributed by atoms with E-state index in [9.17, 15) is 4.79 Å². The van der Waals surface area contributed by atoms with Gasteiger partial charge in [0.25, 0.3) is 0 Å². The van der Waals surface area contributed by atoms with E-state index in [4.69, 9.17) is 5.73 Å². The SMILES string of the molecule is CN(CCc1ccccn1)C(CN)CC(=O)N1CCCC1. The highest BCUT2D eigenvalue weighted by Gasteiger charge is 2.23. The molecule has 1 amide bonds. The summed E-state index contributed by atoms with van der Waals surface area (Å²) in [5.74, 6) is 0.243. The van der Waals surface area contributed by atoms with Crippen LogP contribution in [0.15, 0.2) is 24.4 Å². The number of nitrogens with two attached hydrogens (primary N) is 1. The first-order valence-corrected chi connectivity index (χ1v) is 7.78. The van der Waals surface area contributed by atoms with E-state index in [-0.39, 0.29) is 11.9 Å². The molecule has 1 aromatic rings. The van der Waals surface area contributed by atoms with Crippen molar-refractivity contribution in [2.45, 2.75) is 31.7 Å². The lowest BCUT2D eigenvalue weighted by atomic mass is 10.1.